The van der Waals surface area contributed by atoms with E-state index in [1.54, 1.807) is 0 Å². The van der Waals surface area contributed by atoms with Gasteiger partial charge in [-0.1, -0.05) is 60.7 Å². The first kappa shape index (κ1) is 22.6. The van der Waals surface area contributed by atoms with Gasteiger partial charge in [0, 0.05) is 65.7 Å². The molecule has 0 unspecified atom stereocenters. The van der Waals surface area contributed by atoms with E-state index in [1.807, 2.05) is 29.7 Å². The maximum atomic E-state index is 4.64. The molecule has 5 aromatic carbocycles. The highest BCUT2D eigenvalue weighted by atomic mass is 32.1. The zero-order chi connectivity index (χ0) is 26.9. The van der Waals surface area contributed by atoms with Crippen LogP contribution in [0.3, 0.4) is 0 Å². The van der Waals surface area contributed by atoms with Gasteiger partial charge in [-0.05, 0) is 66.7 Å². The van der Waals surface area contributed by atoms with E-state index < -0.39 is 0 Å². The molecule has 4 heterocycles. The number of hydrogen-bond donors (Lipinski definition) is 0. The molecule has 0 bridgehead atoms. The molecule has 192 valence electrons. The maximum absolute atomic E-state index is 4.64. The minimum atomic E-state index is 0.974. The smallest absolute Gasteiger partial charge is 0.0702 e. The van der Waals surface area contributed by atoms with Crippen molar-refractivity contribution in [1.29, 1.82) is 0 Å². The van der Waals surface area contributed by atoms with Crippen LogP contribution in [-0.2, 0) is 0 Å². The van der Waals surface area contributed by atoms with Gasteiger partial charge >= 0.3 is 0 Å². The Morgan fingerprint density at radius 1 is 0.512 bits per heavy atom. The van der Waals surface area contributed by atoms with E-state index in [-0.39, 0.29) is 0 Å². The summed E-state index contributed by atoms with van der Waals surface area (Å²) in [4.78, 5) is 4.64. The van der Waals surface area contributed by atoms with Gasteiger partial charge in [-0.25, -0.2) is 0 Å². The van der Waals surface area contributed by atoms with Crippen molar-refractivity contribution in [2.75, 3.05) is 0 Å². The third-order valence-electron chi connectivity index (χ3n) is 8.19. The molecule has 0 radical (unpaired) electrons. The Morgan fingerprint density at radius 3 is 2.27 bits per heavy atom. The van der Waals surface area contributed by atoms with Crippen LogP contribution in [0.25, 0.3) is 75.5 Å². The Balaban J connectivity index is 1.42. The molecule has 0 aliphatic carbocycles. The van der Waals surface area contributed by atoms with Crippen LogP contribution in [0.1, 0.15) is 0 Å². The first-order valence-electron chi connectivity index (χ1n) is 13.8. The number of hydrogen-bond acceptors (Lipinski definition) is 2. The van der Waals surface area contributed by atoms with Crippen LogP contribution >= 0.6 is 11.3 Å². The fourth-order valence-corrected chi connectivity index (χ4v) is 7.49. The molecule has 0 atom stereocenters. The van der Waals surface area contributed by atoms with Gasteiger partial charge in [-0.3, -0.25) is 4.98 Å². The maximum Gasteiger partial charge on any atom is 0.0702 e. The largest absolute Gasteiger partial charge is 0.316 e. The molecule has 0 N–H and O–H groups in total. The summed E-state index contributed by atoms with van der Waals surface area (Å²) in [6.45, 7) is 0. The average molecular weight is 542 g/mol. The Labute approximate surface area is 240 Å². The normalized spacial score (nSPS) is 11.9. The van der Waals surface area contributed by atoms with Gasteiger partial charge in [0.25, 0.3) is 0 Å². The van der Waals surface area contributed by atoms with Gasteiger partial charge in [-0.2, -0.15) is 0 Å². The van der Waals surface area contributed by atoms with Gasteiger partial charge in [-0.15, -0.1) is 11.3 Å². The van der Waals surface area contributed by atoms with Crippen LogP contribution in [0.4, 0.5) is 0 Å². The lowest BCUT2D eigenvalue weighted by molar-refractivity contribution is 1.13. The van der Waals surface area contributed by atoms with Crippen molar-refractivity contribution < 1.29 is 0 Å². The molecule has 9 rings (SSSR count). The summed E-state index contributed by atoms with van der Waals surface area (Å²) < 4.78 is 7.39. The molecular weight excluding hydrogens is 518 g/mol. The number of rotatable bonds is 3. The molecule has 9 aromatic rings. The van der Waals surface area contributed by atoms with Gasteiger partial charge in [0.05, 0.1) is 22.2 Å². The summed E-state index contributed by atoms with van der Waals surface area (Å²) in [6.07, 6.45) is 4.05. The number of thiophene rings is 1. The van der Waals surface area contributed by atoms with Crippen LogP contribution < -0.4 is 0 Å². The van der Waals surface area contributed by atoms with Crippen molar-refractivity contribution in [2.45, 2.75) is 0 Å². The molecule has 3 nitrogen and oxygen atoms in total. The first-order chi connectivity index (χ1) is 20.3. The van der Waals surface area contributed by atoms with E-state index in [9.17, 15) is 0 Å². The molecular formula is C37H23N3S. The van der Waals surface area contributed by atoms with E-state index in [4.69, 9.17) is 0 Å². The van der Waals surface area contributed by atoms with Crippen LogP contribution in [0.15, 0.2) is 140 Å². The van der Waals surface area contributed by atoms with E-state index in [0.717, 1.165) is 22.6 Å². The fraction of sp³-hybridized carbons (Fsp3) is 0. The molecule has 0 aliphatic heterocycles. The minimum Gasteiger partial charge on any atom is -0.316 e. The summed E-state index contributed by atoms with van der Waals surface area (Å²) in [5.41, 5.74) is 8.01. The highest BCUT2D eigenvalue weighted by Crippen LogP contribution is 2.43. The zero-order valence-electron chi connectivity index (χ0n) is 22.0. The summed E-state index contributed by atoms with van der Waals surface area (Å²) >= 11 is 1.87. The minimum absolute atomic E-state index is 0.974. The second-order valence-electron chi connectivity index (χ2n) is 10.5. The molecule has 4 heteroatoms. The number of pyridine rings is 1. The number of fused-ring (bicyclic) bond motifs is 8. The quantitative estimate of drug-likeness (QED) is 0.218. The summed E-state index contributed by atoms with van der Waals surface area (Å²) in [5.74, 6) is 0. The van der Waals surface area contributed by atoms with Gasteiger partial charge in [0.2, 0.25) is 0 Å². The molecule has 0 spiro atoms. The summed E-state index contributed by atoms with van der Waals surface area (Å²) in [5, 5.41) is 6.39. The van der Waals surface area contributed by atoms with Crippen molar-refractivity contribution in [3.63, 3.8) is 0 Å². The lowest BCUT2D eigenvalue weighted by Gasteiger charge is -2.11. The second-order valence-corrected chi connectivity index (χ2v) is 11.6. The molecule has 0 amide bonds. The average Bonchev–Trinajstić information content (AvgIpc) is 3.72. The Morgan fingerprint density at radius 2 is 1.37 bits per heavy atom. The van der Waals surface area contributed by atoms with Gasteiger partial charge in [0.1, 0.15) is 0 Å². The number of benzene rings is 5. The monoisotopic (exact) mass is 541 g/mol. The van der Waals surface area contributed by atoms with Gasteiger partial charge in [0.15, 0.2) is 0 Å². The predicted octanol–water partition coefficient (Wildman–Crippen LogP) is 10.2. The second kappa shape index (κ2) is 8.65. The molecule has 0 aliphatic rings. The number of para-hydroxylation sites is 1. The number of nitrogens with zero attached hydrogens (tertiary/aromatic N) is 3. The van der Waals surface area contributed by atoms with Crippen LogP contribution in [-0.4, -0.2) is 14.1 Å². The van der Waals surface area contributed by atoms with E-state index in [1.165, 1.54) is 52.9 Å². The number of aromatic nitrogens is 3. The van der Waals surface area contributed by atoms with E-state index in [0.29, 0.717) is 0 Å². The van der Waals surface area contributed by atoms with Crippen LogP contribution in [0.2, 0.25) is 0 Å². The highest BCUT2D eigenvalue weighted by Gasteiger charge is 2.19. The molecule has 0 saturated heterocycles. The summed E-state index contributed by atoms with van der Waals surface area (Å²) in [7, 11) is 0. The predicted molar refractivity (Wildman–Crippen MR) is 174 cm³/mol. The molecule has 0 saturated carbocycles. The van der Waals surface area contributed by atoms with Crippen LogP contribution in [0.5, 0.6) is 0 Å². The fourth-order valence-electron chi connectivity index (χ4n) is 6.36. The standard InChI is InChI=1S/C37H23N3S/c1-2-10-25(11-3-1)39-20-18-29-33(39)17-16-28-30-23-36-31(27-13-4-5-15-35(27)41-36)22-34(30)40(37(28)29)26-12-8-9-24(21-26)32-14-6-7-19-38-32/h1-23H. The molecule has 0 fully saturated rings. The highest BCUT2D eigenvalue weighted by molar-refractivity contribution is 7.25. The Bertz CT molecular complexity index is 2410. The van der Waals surface area contributed by atoms with Crippen LogP contribution in [0, 0.1) is 0 Å². The SMILES string of the molecule is c1ccc(-n2ccc3c2ccc2c4cc5sc6ccccc6c5cc4n(-c4cccc(-c5ccccn5)c4)c23)cc1. The topological polar surface area (TPSA) is 22.8 Å². The van der Waals surface area contributed by atoms with Crippen molar-refractivity contribution in [2.24, 2.45) is 0 Å². The molecule has 41 heavy (non-hydrogen) atoms. The lowest BCUT2D eigenvalue weighted by atomic mass is 10.1. The third kappa shape index (κ3) is 3.35. The van der Waals surface area contributed by atoms with Crippen molar-refractivity contribution in [1.82, 2.24) is 14.1 Å². The summed E-state index contributed by atoms with van der Waals surface area (Å²) in [6, 6.07) is 45.8. The van der Waals surface area contributed by atoms with Crippen molar-refractivity contribution in [3.05, 3.63) is 140 Å². The Hall–Kier alpha value is -5.19. The van der Waals surface area contributed by atoms with Crippen molar-refractivity contribution >= 4 is 64.2 Å². The zero-order valence-corrected chi connectivity index (χ0v) is 22.8. The van der Waals surface area contributed by atoms with Crippen molar-refractivity contribution in [3.8, 4) is 22.6 Å². The van der Waals surface area contributed by atoms with Gasteiger partial charge < -0.3 is 9.13 Å². The van der Waals surface area contributed by atoms with E-state index in [2.05, 4.69) is 136 Å². The Kier molecular flexibility index (Phi) is 4.77. The first-order valence-corrected chi connectivity index (χ1v) is 14.6. The van der Waals surface area contributed by atoms with E-state index >= 15 is 0 Å². The molecule has 4 aromatic heterocycles. The third-order valence-corrected chi connectivity index (χ3v) is 9.33. The lowest BCUT2D eigenvalue weighted by Crippen LogP contribution is -1.96.